The third-order valence-corrected chi connectivity index (χ3v) is 4.88. The highest BCUT2D eigenvalue weighted by atomic mass is 15.3. The Hall–Kier alpha value is -2.39. The molecule has 1 fully saturated rings. The average Bonchev–Trinajstić information content (AvgIpc) is 3.08. The number of piperidine rings is 1. The lowest BCUT2D eigenvalue weighted by Crippen LogP contribution is -2.29. The summed E-state index contributed by atoms with van der Waals surface area (Å²) in [7, 11) is 0. The molecular weight excluding hydrogens is 294 g/mol. The number of rotatable bonds is 3. The quantitative estimate of drug-likeness (QED) is 0.761. The molecule has 1 saturated heterocycles. The Labute approximate surface area is 143 Å². The van der Waals surface area contributed by atoms with Crippen LogP contribution in [0.1, 0.15) is 36.6 Å². The molecule has 3 nitrogen and oxygen atoms in total. The first-order valence-electron chi connectivity index (χ1n) is 8.77. The predicted octanol–water partition coefficient (Wildman–Crippen LogP) is 4.66. The van der Waals surface area contributed by atoms with Gasteiger partial charge in [-0.1, -0.05) is 48.9 Å². The predicted molar refractivity (Wildman–Crippen MR) is 98.3 cm³/mol. The summed E-state index contributed by atoms with van der Waals surface area (Å²) in [6, 6.07) is 19.4. The van der Waals surface area contributed by atoms with E-state index in [4.69, 9.17) is 5.10 Å². The zero-order valence-electron chi connectivity index (χ0n) is 14.1. The molecule has 4 rings (SSSR count). The smallest absolute Gasteiger partial charge is 0.0690 e. The van der Waals surface area contributed by atoms with Gasteiger partial charge < -0.3 is 5.32 Å². The van der Waals surface area contributed by atoms with Gasteiger partial charge in [-0.3, -0.25) is 0 Å². The molecule has 1 aliphatic rings. The summed E-state index contributed by atoms with van der Waals surface area (Å²) < 4.78 is 2.12. The first-order chi connectivity index (χ1) is 11.8. The summed E-state index contributed by atoms with van der Waals surface area (Å²) in [6.45, 7) is 3.26. The van der Waals surface area contributed by atoms with Crippen molar-refractivity contribution in [2.45, 2.75) is 32.2 Å². The van der Waals surface area contributed by atoms with Crippen LogP contribution in [0.3, 0.4) is 0 Å². The van der Waals surface area contributed by atoms with Gasteiger partial charge in [0.25, 0.3) is 0 Å². The number of aryl methyl sites for hydroxylation is 1. The number of hydrogen-bond donors (Lipinski definition) is 1. The highest BCUT2D eigenvalue weighted by molar-refractivity contribution is 5.70. The van der Waals surface area contributed by atoms with Crippen molar-refractivity contribution in [1.82, 2.24) is 15.1 Å². The Morgan fingerprint density at radius 2 is 1.75 bits per heavy atom. The van der Waals surface area contributed by atoms with E-state index in [-0.39, 0.29) is 0 Å². The third kappa shape index (κ3) is 2.76. The van der Waals surface area contributed by atoms with Crippen LogP contribution < -0.4 is 5.32 Å². The van der Waals surface area contributed by atoms with Gasteiger partial charge in [0.05, 0.1) is 23.6 Å². The highest BCUT2D eigenvalue weighted by Gasteiger charge is 2.24. The van der Waals surface area contributed by atoms with Gasteiger partial charge in [-0.15, -0.1) is 0 Å². The topological polar surface area (TPSA) is 29.9 Å². The monoisotopic (exact) mass is 317 g/mol. The van der Waals surface area contributed by atoms with Crippen LogP contribution in [-0.4, -0.2) is 16.3 Å². The van der Waals surface area contributed by atoms with Crippen molar-refractivity contribution >= 4 is 0 Å². The number of benzene rings is 2. The fraction of sp³-hybridized carbons (Fsp3) is 0.286. The van der Waals surface area contributed by atoms with Crippen LogP contribution in [0.5, 0.6) is 0 Å². The van der Waals surface area contributed by atoms with Crippen molar-refractivity contribution in [2.24, 2.45) is 0 Å². The Bertz CT molecular complexity index is 814. The first kappa shape index (κ1) is 15.2. The van der Waals surface area contributed by atoms with E-state index in [2.05, 4.69) is 65.5 Å². The van der Waals surface area contributed by atoms with Crippen molar-refractivity contribution in [1.29, 1.82) is 0 Å². The average molecular weight is 317 g/mol. The summed E-state index contributed by atoms with van der Waals surface area (Å²) in [4.78, 5) is 0. The molecule has 122 valence electrons. The van der Waals surface area contributed by atoms with Crippen LogP contribution in [0.2, 0.25) is 0 Å². The number of hydrogen-bond acceptors (Lipinski definition) is 2. The molecule has 1 atom stereocenters. The largest absolute Gasteiger partial charge is 0.309 e. The zero-order valence-corrected chi connectivity index (χ0v) is 14.1. The van der Waals surface area contributed by atoms with E-state index in [9.17, 15) is 0 Å². The molecule has 0 amide bonds. The van der Waals surface area contributed by atoms with Crippen LogP contribution in [0.25, 0.3) is 16.8 Å². The van der Waals surface area contributed by atoms with Gasteiger partial charge >= 0.3 is 0 Å². The van der Waals surface area contributed by atoms with E-state index in [0.29, 0.717) is 6.04 Å². The Morgan fingerprint density at radius 1 is 0.958 bits per heavy atom. The van der Waals surface area contributed by atoms with Crippen LogP contribution >= 0.6 is 0 Å². The van der Waals surface area contributed by atoms with E-state index in [1.165, 1.54) is 35.2 Å². The van der Waals surface area contributed by atoms with Gasteiger partial charge in [0.15, 0.2) is 0 Å². The molecule has 0 saturated carbocycles. The van der Waals surface area contributed by atoms with Crippen molar-refractivity contribution in [3.63, 3.8) is 0 Å². The molecule has 3 heteroatoms. The number of para-hydroxylation sites is 1. The Balaban J connectivity index is 1.88. The molecule has 1 unspecified atom stereocenters. The minimum Gasteiger partial charge on any atom is -0.309 e. The maximum atomic E-state index is 4.76. The molecule has 0 radical (unpaired) electrons. The van der Waals surface area contributed by atoms with Crippen LogP contribution in [0.15, 0.2) is 60.8 Å². The van der Waals surface area contributed by atoms with Gasteiger partial charge in [-0.2, -0.15) is 5.10 Å². The Morgan fingerprint density at radius 3 is 2.50 bits per heavy atom. The van der Waals surface area contributed by atoms with E-state index >= 15 is 0 Å². The summed E-state index contributed by atoms with van der Waals surface area (Å²) >= 11 is 0. The molecule has 1 N–H and O–H groups in total. The van der Waals surface area contributed by atoms with E-state index in [0.717, 1.165) is 18.7 Å². The first-order valence-corrected chi connectivity index (χ1v) is 8.77. The lowest BCUT2D eigenvalue weighted by molar-refractivity contribution is 0.399. The van der Waals surface area contributed by atoms with Crippen LogP contribution in [-0.2, 0) is 0 Å². The van der Waals surface area contributed by atoms with Gasteiger partial charge in [0.1, 0.15) is 0 Å². The molecule has 0 spiro atoms. The molecule has 1 aromatic heterocycles. The molecule has 2 heterocycles. The number of aromatic nitrogens is 2. The summed E-state index contributed by atoms with van der Waals surface area (Å²) in [6.07, 6.45) is 5.72. The molecule has 1 aliphatic heterocycles. The highest BCUT2D eigenvalue weighted by Crippen LogP contribution is 2.35. The van der Waals surface area contributed by atoms with E-state index < -0.39 is 0 Å². The minimum atomic E-state index is 0.357. The third-order valence-electron chi connectivity index (χ3n) is 4.88. The van der Waals surface area contributed by atoms with Gasteiger partial charge in [-0.25, -0.2) is 4.68 Å². The fourth-order valence-corrected chi connectivity index (χ4v) is 3.64. The minimum absolute atomic E-state index is 0.357. The fourth-order valence-electron chi connectivity index (χ4n) is 3.64. The lowest BCUT2D eigenvalue weighted by atomic mass is 9.94. The maximum Gasteiger partial charge on any atom is 0.0690 e. The second-order valence-electron chi connectivity index (χ2n) is 6.51. The van der Waals surface area contributed by atoms with Gasteiger partial charge in [0, 0.05) is 5.56 Å². The molecule has 0 aliphatic carbocycles. The molecule has 3 aromatic rings. The van der Waals surface area contributed by atoms with Crippen LogP contribution in [0, 0.1) is 6.92 Å². The van der Waals surface area contributed by atoms with Crippen molar-refractivity contribution < 1.29 is 0 Å². The SMILES string of the molecule is Cc1ccccc1-c1cnn(-c2ccccc2)c1C1CCCCN1. The second-order valence-corrected chi connectivity index (χ2v) is 6.51. The summed E-state index contributed by atoms with van der Waals surface area (Å²) in [5.74, 6) is 0. The maximum absolute atomic E-state index is 4.76. The van der Waals surface area contributed by atoms with Crippen molar-refractivity contribution in [2.75, 3.05) is 6.54 Å². The molecule has 2 aromatic carbocycles. The molecule has 0 bridgehead atoms. The number of nitrogens with one attached hydrogen (secondary N) is 1. The van der Waals surface area contributed by atoms with Crippen molar-refractivity contribution in [3.05, 3.63) is 72.1 Å². The van der Waals surface area contributed by atoms with Crippen molar-refractivity contribution in [3.8, 4) is 16.8 Å². The number of nitrogens with zero attached hydrogens (tertiary/aromatic N) is 2. The van der Waals surface area contributed by atoms with E-state index in [1.54, 1.807) is 0 Å². The Kier molecular flexibility index (Phi) is 4.18. The van der Waals surface area contributed by atoms with Gasteiger partial charge in [0.2, 0.25) is 0 Å². The standard InChI is InChI=1S/C21H23N3/c1-16-9-5-6-12-18(16)19-15-23-24(17-10-3-2-4-11-17)21(19)20-13-7-8-14-22-20/h2-6,9-12,15,20,22H,7-8,13-14H2,1H3. The molecule has 24 heavy (non-hydrogen) atoms. The normalized spacial score (nSPS) is 17.8. The second kappa shape index (κ2) is 6.62. The lowest BCUT2D eigenvalue weighted by Gasteiger charge is -2.26. The summed E-state index contributed by atoms with van der Waals surface area (Å²) in [5.41, 5.74) is 6.23. The summed E-state index contributed by atoms with van der Waals surface area (Å²) in [5, 5.41) is 8.46. The van der Waals surface area contributed by atoms with E-state index in [1.807, 2.05) is 12.3 Å². The van der Waals surface area contributed by atoms with Crippen LogP contribution in [0.4, 0.5) is 0 Å². The molecular formula is C21H23N3. The van der Waals surface area contributed by atoms with Gasteiger partial charge in [-0.05, 0) is 49.6 Å². The zero-order chi connectivity index (χ0) is 16.4.